The highest BCUT2D eigenvalue weighted by molar-refractivity contribution is 4.84. The molecule has 0 aliphatic carbocycles. The van der Waals surface area contributed by atoms with E-state index in [0.717, 1.165) is 12.5 Å². The summed E-state index contributed by atoms with van der Waals surface area (Å²) in [7, 11) is 4.34. The molecule has 0 radical (unpaired) electrons. The van der Waals surface area contributed by atoms with Crippen molar-refractivity contribution in [3.8, 4) is 0 Å². The Hall–Kier alpha value is -0.120. The monoisotopic (exact) mass is 241 g/mol. The van der Waals surface area contributed by atoms with Crippen LogP contribution in [0.5, 0.6) is 0 Å². The Morgan fingerprint density at radius 3 is 2.24 bits per heavy atom. The lowest BCUT2D eigenvalue weighted by Gasteiger charge is -2.39. The number of rotatable bonds is 5. The fourth-order valence-electron chi connectivity index (χ4n) is 2.56. The van der Waals surface area contributed by atoms with Crippen LogP contribution >= 0.6 is 0 Å². The molecule has 2 N–H and O–H groups in total. The summed E-state index contributed by atoms with van der Waals surface area (Å²) in [6.45, 7) is 11.6. The van der Waals surface area contributed by atoms with Crippen molar-refractivity contribution < 1.29 is 0 Å². The van der Waals surface area contributed by atoms with E-state index in [-0.39, 0.29) is 11.5 Å². The van der Waals surface area contributed by atoms with Gasteiger partial charge in [-0.15, -0.1) is 0 Å². The number of hydrogen-bond acceptors (Lipinski definition) is 3. The second-order valence-electron chi connectivity index (χ2n) is 6.76. The minimum absolute atomic E-state index is 0.231. The predicted octanol–water partition coefficient (Wildman–Crippen LogP) is 1.63. The van der Waals surface area contributed by atoms with Gasteiger partial charge in [0.25, 0.3) is 0 Å². The molecule has 1 aliphatic heterocycles. The highest BCUT2D eigenvalue weighted by Crippen LogP contribution is 2.24. The SMILES string of the molecule is CC(N)C(C)(C)CN1CCC(CN(C)C)CC1. The quantitative estimate of drug-likeness (QED) is 0.794. The summed E-state index contributed by atoms with van der Waals surface area (Å²) in [4.78, 5) is 4.90. The predicted molar refractivity (Wildman–Crippen MR) is 75.1 cm³/mol. The summed E-state index contributed by atoms with van der Waals surface area (Å²) < 4.78 is 0. The van der Waals surface area contributed by atoms with E-state index in [1.807, 2.05) is 0 Å². The van der Waals surface area contributed by atoms with Crippen molar-refractivity contribution in [1.82, 2.24) is 9.80 Å². The molecule has 1 unspecified atom stereocenters. The van der Waals surface area contributed by atoms with Crippen molar-refractivity contribution in [3.63, 3.8) is 0 Å². The third-order valence-electron chi connectivity index (χ3n) is 4.19. The van der Waals surface area contributed by atoms with E-state index in [1.165, 1.54) is 32.5 Å². The largest absolute Gasteiger partial charge is 0.327 e. The van der Waals surface area contributed by atoms with Gasteiger partial charge in [-0.25, -0.2) is 0 Å². The lowest BCUT2D eigenvalue weighted by Crippen LogP contribution is -2.47. The van der Waals surface area contributed by atoms with Gasteiger partial charge in [-0.1, -0.05) is 13.8 Å². The molecule has 17 heavy (non-hydrogen) atoms. The molecule has 1 aliphatic rings. The van der Waals surface area contributed by atoms with Crippen LogP contribution in [0.2, 0.25) is 0 Å². The van der Waals surface area contributed by atoms with Crippen molar-refractivity contribution >= 4 is 0 Å². The van der Waals surface area contributed by atoms with Crippen LogP contribution in [0, 0.1) is 11.3 Å². The van der Waals surface area contributed by atoms with Crippen LogP contribution in [0.25, 0.3) is 0 Å². The van der Waals surface area contributed by atoms with Crippen molar-refractivity contribution in [3.05, 3.63) is 0 Å². The van der Waals surface area contributed by atoms with Crippen LogP contribution in [-0.2, 0) is 0 Å². The molecule has 1 heterocycles. The normalized spacial score (nSPS) is 22.1. The molecule has 0 spiro atoms. The van der Waals surface area contributed by atoms with Crippen molar-refractivity contribution in [2.45, 2.75) is 39.7 Å². The number of nitrogens with two attached hydrogens (primary N) is 1. The van der Waals surface area contributed by atoms with Gasteiger partial charge >= 0.3 is 0 Å². The Morgan fingerprint density at radius 1 is 1.29 bits per heavy atom. The molecular weight excluding hydrogens is 210 g/mol. The summed E-state index contributed by atoms with van der Waals surface area (Å²) >= 11 is 0. The number of likely N-dealkylation sites (tertiary alicyclic amines) is 1. The molecule has 0 aromatic rings. The zero-order valence-corrected chi connectivity index (χ0v) is 12.4. The number of piperidine rings is 1. The van der Waals surface area contributed by atoms with Crippen LogP contribution in [0.3, 0.4) is 0 Å². The van der Waals surface area contributed by atoms with E-state index in [0.29, 0.717) is 0 Å². The Kier molecular flexibility index (Phi) is 5.42. The van der Waals surface area contributed by atoms with Gasteiger partial charge in [-0.2, -0.15) is 0 Å². The first-order valence-electron chi connectivity index (χ1n) is 6.94. The zero-order chi connectivity index (χ0) is 13.1. The van der Waals surface area contributed by atoms with Gasteiger partial charge in [-0.3, -0.25) is 0 Å². The second-order valence-corrected chi connectivity index (χ2v) is 6.76. The average molecular weight is 241 g/mol. The summed E-state index contributed by atoms with van der Waals surface area (Å²) in [6, 6.07) is 0.266. The van der Waals surface area contributed by atoms with Gasteiger partial charge in [0.1, 0.15) is 0 Å². The highest BCUT2D eigenvalue weighted by atomic mass is 15.1. The second kappa shape index (κ2) is 6.17. The van der Waals surface area contributed by atoms with Crippen molar-refractivity contribution in [1.29, 1.82) is 0 Å². The van der Waals surface area contributed by atoms with Gasteiger partial charge in [0.05, 0.1) is 0 Å². The molecule has 3 heteroatoms. The molecule has 1 saturated heterocycles. The molecule has 1 fully saturated rings. The lowest BCUT2D eigenvalue weighted by molar-refractivity contribution is 0.107. The minimum Gasteiger partial charge on any atom is -0.327 e. The summed E-state index contributed by atoms with van der Waals surface area (Å²) in [5, 5.41) is 0. The van der Waals surface area contributed by atoms with Gasteiger partial charge in [-0.05, 0) is 58.3 Å². The van der Waals surface area contributed by atoms with Crippen LogP contribution in [0.15, 0.2) is 0 Å². The summed E-state index contributed by atoms with van der Waals surface area (Å²) in [5.74, 6) is 0.889. The topological polar surface area (TPSA) is 32.5 Å². The van der Waals surface area contributed by atoms with E-state index in [9.17, 15) is 0 Å². The van der Waals surface area contributed by atoms with E-state index in [1.54, 1.807) is 0 Å². The lowest BCUT2D eigenvalue weighted by atomic mass is 9.84. The van der Waals surface area contributed by atoms with E-state index in [4.69, 9.17) is 5.73 Å². The standard InChI is InChI=1S/C14H31N3/c1-12(15)14(2,3)11-17-8-6-13(7-9-17)10-16(4)5/h12-13H,6-11,15H2,1-5H3. The Bertz CT molecular complexity index is 216. The Balaban J connectivity index is 2.32. The molecule has 0 amide bonds. The van der Waals surface area contributed by atoms with Crippen LogP contribution in [0.4, 0.5) is 0 Å². The Labute approximate surface area is 107 Å². The summed E-state index contributed by atoms with van der Waals surface area (Å²) in [6.07, 6.45) is 2.68. The maximum atomic E-state index is 6.05. The van der Waals surface area contributed by atoms with Gasteiger partial charge in [0.2, 0.25) is 0 Å². The number of hydrogen-bond donors (Lipinski definition) is 1. The molecule has 1 atom stereocenters. The first-order valence-corrected chi connectivity index (χ1v) is 6.94. The van der Waals surface area contributed by atoms with Gasteiger partial charge < -0.3 is 15.5 Å². The fraction of sp³-hybridized carbons (Fsp3) is 1.00. The smallest absolute Gasteiger partial charge is 0.00739 e. The molecule has 0 saturated carbocycles. The highest BCUT2D eigenvalue weighted by Gasteiger charge is 2.28. The van der Waals surface area contributed by atoms with Crippen LogP contribution in [-0.4, -0.2) is 56.1 Å². The minimum atomic E-state index is 0.231. The molecular formula is C14H31N3. The maximum Gasteiger partial charge on any atom is 0.00739 e. The van der Waals surface area contributed by atoms with E-state index in [2.05, 4.69) is 44.7 Å². The number of nitrogens with zero attached hydrogens (tertiary/aromatic N) is 2. The first kappa shape index (κ1) is 14.9. The van der Waals surface area contributed by atoms with Crippen LogP contribution in [0.1, 0.15) is 33.6 Å². The molecule has 0 aromatic heterocycles. The molecule has 1 rings (SSSR count). The molecule has 3 nitrogen and oxygen atoms in total. The molecule has 0 aromatic carbocycles. The van der Waals surface area contributed by atoms with Gasteiger partial charge in [0.15, 0.2) is 0 Å². The van der Waals surface area contributed by atoms with Crippen molar-refractivity contribution in [2.24, 2.45) is 17.1 Å². The molecule has 0 bridgehead atoms. The summed E-state index contributed by atoms with van der Waals surface area (Å²) in [5.41, 5.74) is 6.28. The van der Waals surface area contributed by atoms with E-state index >= 15 is 0 Å². The Morgan fingerprint density at radius 2 is 1.82 bits per heavy atom. The zero-order valence-electron chi connectivity index (χ0n) is 12.4. The maximum absolute atomic E-state index is 6.05. The first-order chi connectivity index (χ1) is 7.81. The van der Waals surface area contributed by atoms with Crippen LogP contribution < -0.4 is 5.73 Å². The fourth-order valence-corrected chi connectivity index (χ4v) is 2.56. The molecule has 102 valence electrons. The average Bonchev–Trinajstić information content (AvgIpc) is 2.19. The third-order valence-corrected chi connectivity index (χ3v) is 4.19. The van der Waals surface area contributed by atoms with Gasteiger partial charge in [0, 0.05) is 19.1 Å². The van der Waals surface area contributed by atoms with E-state index < -0.39 is 0 Å². The van der Waals surface area contributed by atoms with Crippen molar-refractivity contribution in [2.75, 3.05) is 40.3 Å². The third kappa shape index (κ3) is 4.94.